The molecule has 0 saturated carbocycles. The van der Waals surface area contributed by atoms with Crippen LogP contribution in [0.25, 0.3) is 0 Å². The average Bonchev–Trinajstić information content (AvgIpc) is 2.83. The zero-order valence-electron chi connectivity index (χ0n) is 13.6. The van der Waals surface area contributed by atoms with Crippen LogP contribution in [-0.2, 0) is 22.0 Å². The second kappa shape index (κ2) is 6.10. The van der Waals surface area contributed by atoms with Gasteiger partial charge in [0.15, 0.2) is 0 Å². The van der Waals surface area contributed by atoms with E-state index >= 15 is 0 Å². The molecule has 22 heavy (non-hydrogen) atoms. The Morgan fingerprint density at radius 2 is 1.77 bits per heavy atom. The molecule has 0 N–H and O–H groups in total. The molecule has 0 fully saturated rings. The van der Waals surface area contributed by atoms with Gasteiger partial charge >= 0.3 is 0 Å². The Labute approximate surface area is 136 Å². The van der Waals surface area contributed by atoms with Crippen LogP contribution in [0.15, 0.2) is 34.5 Å². The van der Waals surface area contributed by atoms with Crippen molar-refractivity contribution in [3.05, 3.63) is 45.9 Å². The molecule has 0 radical (unpaired) electrons. The highest BCUT2D eigenvalue weighted by molar-refractivity contribution is 7.89. The summed E-state index contributed by atoms with van der Waals surface area (Å²) in [6.45, 7) is 8.51. The molecule has 0 aliphatic heterocycles. The van der Waals surface area contributed by atoms with Gasteiger partial charge in [0.05, 0.1) is 22.1 Å². The number of sulfonamides is 1. The number of thiazole rings is 1. The van der Waals surface area contributed by atoms with E-state index < -0.39 is 10.0 Å². The molecule has 0 bridgehead atoms. The minimum Gasteiger partial charge on any atom is -0.245 e. The zero-order chi connectivity index (χ0) is 16.5. The lowest BCUT2D eigenvalue weighted by molar-refractivity contribution is 0.462. The van der Waals surface area contributed by atoms with Crippen LogP contribution in [0.1, 0.15) is 37.0 Å². The fourth-order valence-corrected chi connectivity index (χ4v) is 3.85. The second-order valence-corrected chi connectivity index (χ2v) is 9.50. The van der Waals surface area contributed by atoms with Gasteiger partial charge in [-0.15, -0.1) is 11.3 Å². The summed E-state index contributed by atoms with van der Waals surface area (Å²) >= 11 is 1.52. The monoisotopic (exact) mass is 338 g/mol. The van der Waals surface area contributed by atoms with Gasteiger partial charge in [-0.3, -0.25) is 0 Å². The number of hydrogen-bond donors (Lipinski definition) is 0. The van der Waals surface area contributed by atoms with Gasteiger partial charge in [0.1, 0.15) is 0 Å². The van der Waals surface area contributed by atoms with Crippen molar-refractivity contribution in [3.8, 4) is 0 Å². The predicted octanol–water partition coefficient (Wildman–Crippen LogP) is 3.57. The first kappa shape index (κ1) is 17.1. The summed E-state index contributed by atoms with van der Waals surface area (Å²) in [5, 5.41) is 2.83. The molecule has 1 aromatic carbocycles. The van der Waals surface area contributed by atoms with E-state index in [2.05, 4.69) is 25.8 Å². The van der Waals surface area contributed by atoms with E-state index in [1.165, 1.54) is 15.6 Å². The van der Waals surface area contributed by atoms with Gasteiger partial charge in [0.2, 0.25) is 10.0 Å². The van der Waals surface area contributed by atoms with Crippen molar-refractivity contribution in [2.45, 2.75) is 44.6 Å². The third kappa shape index (κ3) is 3.74. The summed E-state index contributed by atoms with van der Waals surface area (Å²) in [7, 11) is -1.91. The van der Waals surface area contributed by atoms with Crippen LogP contribution >= 0.6 is 11.3 Å². The van der Waals surface area contributed by atoms with Gasteiger partial charge in [-0.25, -0.2) is 13.4 Å². The van der Waals surface area contributed by atoms with Gasteiger partial charge < -0.3 is 0 Å². The Hall–Kier alpha value is -1.24. The van der Waals surface area contributed by atoms with E-state index in [9.17, 15) is 8.42 Å². The number of nitrogens with zero attached hydrogens (tertiary/aromatic N) is 2. The Morgan fingerprint density at radius 1 is 1.18 bits per heavy atom. The topological polar surface area (TPSA) is 50.3 Å². The van der Waals surface area contributed by atoms with Crippen LogP contribution in [0.3, 0.4) is 0 Å². The van der Waals surface area contributed by atoms with Crippen molar-refractivity contribution in [1.29, 1.82) is 0 Å². The van der Waals surface area contributed by atoms with Gasteiger partial charge in [-0.1, -0.05) is 32.9 Å². The van der Waals surface area contributed by atoms with Gasteiger partial charge in [-0.05, 0) is 30.0 Å². The number of aryl methyl sites for hydroxylation is 1. The van der Waals surface area contributed by atoms with Crippen molar-refractivity contribution in [2.24, 2.45) is 0 Å². The lowest BCUT2D eigenvalue weighted by Crippen LogP contribution is -2.26. The summed E-state index contributed by atoms with van der Waals surface area (Å²) in [6.07, 6.45) is 0. The van der Waals surface area contributed by atoms with E-state index in [0.29, 0.717) is 4.90 Å². The standard InChI is InChI=1S/C16H22N2O2S2/c1-12-17-14(11-21-12)10-18(5)22(19,20)15-8-6-13(7-9-15)16(2,3)4/h6-9,11H,10H2,1-5H3. The van der Waals surface area contributed by atoms with Gasteiger partial charge in [-0.2, -0.15) is 4.31 Å². The van der Waals surface area contributed by atoms with Gasteiger partial charge in [0.25, 0.3) is 0 Å². The molecule has 1 aromatic heterocycles. The number of aromatic nitrogens is 1. The van der Waals surface area contributed by atoms with Crippen molar-refractivity contribution in [2.75, 3.05) is 7.05 Å². The van der Waals surface area contributed by atoms with E-state index in [0.717, 1.165) is 16.3 Å². The van der Waals surface area contributed by atoms with Crippen LogP contribution in [0, 0.1) is 6.92 Å². The normalized spacial score (nSPS) is 12.8. The van der Waals surface area contributed by atoms with Crippen LogP contribution < -0.4 is 0 Å². The van der Waals surface area contributed by atoms with Crippen molar-refractivity contribution >= 4 is 21.4 Å². The van der Waals surface area contributed by atoms with E-state index in [1.807, 2.05) is 24.4 Å². The fourth-order valence-electron chi connectivity index (χ4n) is 2.10. The van der Waals surface area contributed by atoms with Crippen LogP contribution in [-0.4, -0.2) is 24.8 Å². The van der Waals surface area contributed by atoms with E-state index in [-0.39, 0.29) is 12.0 Å². The first-order chi connectivity index (χ1) is 10.1. The predicted molar refractivity (Wildman–Crippen MR) is 90.6 cm³/mol. The highest BCUT2D eigenvalue weighted by Crippen LogP contribution is 2.25. The summed E-state index contributed by atoms with van der Waals surface area (Å²) in [5.74, 6) is 0. The number of hydrogen-bond acceptors (Lipinski definition) is 4. The quantitative estimate of drug-likeness (QED) is 0.856. The fraction of sp³-hybridized carbons (Fsp3) is 0.438. The van der Waals surface area contributed by atoms with Gasteiger partial charge in [0, 0.05) is 12.4 Å². The molecule has 0 amide bonds. The molecule has 0 saturated heterocycles. The Morgan fingerprint density at radius 3 is 2.23 bits per heavy atom. The molecule has 120 valence electrons. The third-order valence-corrected chi connectivity index (χ3v) is 6.12. The third-order valence-electron chi connectivity index (χ3n) is 3.48. The molecule has 0 unspecified atom stereocenters. The molecule has 0 aliphatic rings. The van der Waals surface area contributed by atoms with Crippen LogP contribution in [0.2, 0.25) is 0 Å². The van der Waals surface area contributed by atoms with E-state index in [4.69, 9.17) is 0 Å². The number of benzene rings is 1. The lowest BCUT2D eigenvalue weighted by Gasteiger charge is -2.20. The minimum atomic E-state index is -3.49. The van der Waals surface area contributed by atoms with Crippen molar-refractivity contribution in [3.63, 3.8) is 0 Å². The first-order valence-corrected chi connectivity index (χ1v) is 9.40. The molecular weight excluding hydrogens is 316 g/mol. The maximum absolute atomic E-state index is 12.6. The van der Waals surface area contributed by atoms with Crippen LogP contribution in [0.4, 0.5) is 0 Å². The average molecular weight is 338 g/mol. The summed E-state index contributed by atoms with van der Waals surface area (Å²) in [5.41, 5.74) is 1.90. The summed E-state index contributed by atoms with van der Waals surface area (Å²) in [4.78, 5) is 4.63. The van der Waals surface area contributed by atoms with Crippen molar-refractivity contribution in [1.82, 2.24) is 9.29 Å². The molecule has 4 nitrogen and oxygen atoms in total. The van der Waals surface area contributed by atoms with Crippen molar-refractivity contribution < 1.29 is 8.42 Å². The molecule has 2 rings (SSSR count). The largest absolute Gasteiger partial charge is 0.245 e. The molecule has 2 aromatic rings. The highest BCUT2D eigenvalue weighted by atomic mass is 32.2. The molecule has 0 atom stereocenters. The molecular formula is C16H22N2O2S2. The Bertz CT molecular complexity index is 741. The molecule has 1 heterocycles. The SMILES string of the molecule is Cc1nc(CN(C)S(=O)(=O)c2ccc(C(C)(C)C)cc2)cs1. The Balaban J connectivity index is 2.22. The summed E-state index contributed by atoms with van der Waals surface area (Å²) < 4.78 is 26.6. The smallest absolute Gasteiger partial charge is 0.243 e. The second-order valence-electron chi connectivity index (χ2n) is 6.39. The highest BCUT2D eigenvalue weighted by Gasteiger charge is 2.22. The molecule has 0 aliphatic carbocycles. The maximum Gasteiger partial charge on any atom is 0.243 e. The van der Waals surface area contributed by atoms with E-state index in [1.54, 1.807) is 19.2 Å². The zero-order valence-corrected chi connectivity index (χ0v) is 15.3. The number of rotatable bonds is 4. The molecule has 6 heteroatoms. The first-order valence-electron chi connectivity index (χ1n) is 7.08. The summed E-state index contributed by atoms with van der Waals surface area (Å²) in [6, 6.07) is 7.12. The maximum atomic E-state index is 12.6. The van der Waals surface area contributed by atoms with Crippen LogP contribution in [0.5, 0.6) is 0 Å². The molecule has 0 spiro atoms. The Kier molecular flexibility index (Phi) is 4.75. The minimum absolute atomic E-state index is 0.00627. The lowest BCUT2D eigenvalue weighted by atomic mass is 9.87.